The van der Waals surface area contributed by atoms with E-state index in [1.165, 1.54) is 0 Å². The molecule has 3 amide bonds. The Morgan fingerprint density at radius 2 is 1.84 bits per heavy atom. The molecule has 2 N–H and O–H groups in total. The number of hydrogen-bond donors (Lipinski definition) is 2. The number of benzene rings is 2. The third-order valence-electron chi connectivity index (χ3n) is 4.12. The Morgan fingerprint density at radius 3 is 2.60 bits per heavy atom. The lowest BCUT2D eigenvalue weighted by atomic mass is 10.1. The molecule has 1 heterocycles. The maximum absolute atomic E-state index is 13.1. The van der Waals surface area contributed by atoms with Crippen molar-refractivity contribution >= 4 is 23.4 Å². The standard InChI is InChI=1S/C19H19N3O3/c1-12-11-22(16-9-4-3-8-15(16)18(24)21-12)19(25)14-7-5-6-13(10-14)17(23)20-2/h3-10,12H,11H2,1-2H3,(H,20,23)(H,21,24). The summed E-state index contributed by atoms with van der Waals surface area (Å²) >= 11 is 0. The van der Waals surface area contributed by atoms with Gasteiger partial charge in [-0.05, 0) is 37.3 Å². The predicted molar refractivity (Wildman–Crippen MR) is 94.9 cm³/mol. The highest BCUT2D eigenvalue weighted by Crippen LogP contribution is 2.25. The van der Waals surface area contributed by atoms with Gasteiger partial charge in [-0.1, -0.05) is 18.2 Å². The minimum Gasteiger partial charge on any atom is -0.355 e. The zero-order valence-electron chi connectivity index (χ0n) is 14.1. The predicted octanol–water partition coefficient (Wildman–Crippen LogP) is 1.82. The number of para-hydroxylation sites is 1. The number of fused-ring (bicyclic) bond motifs is 1. The maximum atomic E-state index is 13.1. The molecule has 3 rings (SSSR count). The summed E-state index contributed by atoms with van der Waals surface area (Å²) in [6.07, 6.45) is 0. The van der Waals surface area contributed by atoms with Gasteiger partial charge in [0.1, 0.15) is 0 Å². The molecule has 0 fully saturated rings. The van der Waals surface area contributed by atoms with Gasteiger partial charge in [-0.15, -0.1) is 0 Å². The van der Waals surface area contributed by atoms with E-state index < -0.39 is 0 Å². The minimum absolute atomic E-state index is 0.189. The first kappa shape index (κ1) is 16.7. The van der Waals surface area contributed by atoms with Gasteiger partial charge in [0.25, 0.3) is 17.7 Å². The Balaban J connectivity index is 2.02. The van der Waals surface area contributed by atoms with Gasteiger partial charge in [0.15, 0.2) is 0 Å². The van der Waals surface area contributed by atoms with Crippen molar-refractivity contribution in [2.75, 3.05) is 18.5 Å². The lowest BCUT2D eigenvalue weighted by molar-refractivity contribution is 0.0937. The Morgan fingerprint density at radius 1 is 1.12 bits per heavy atom. The van der Waals surface area contributed by atoms with Gasteiger partial charge in [-0.25, -0.2) is 0 Å². The first-order chi connectivity index (χ1) is 12.0. The van der Waals surface area contributed by atoms with E-state index >= 15 is 0 Å². The Kier molecular flexibility index (Phi) is 4.52. The fraction of sp³-hybridized carbons (Fsp3) is 0.211. The molecule has 1 unspecified atom stereocenters. The SMILES string of the molecule is CNC(=O)c1cccc(C(=O)N2CC(C)NC(=O)c3ccccc32)c1. The van der Waals surface area contributed by atoms with E-state index in [1.807, 2.05) is 6.92 Å². The second kappa shape index (κ2) is 6.76. The van der Waals surface area contributed by atoms with Crippen LogP contribution in [0.15, 0.2) is 48.5 Å². The molecule has 1 aliphatic heterocycles. The van der Waals surface area contributed by atoms with E-state index in [0.29, 0.717) is 28.9 Å². The zero-order valence-corrected chi connectivity index (χ0v) is 14.1. The van der Waals surface area contributed by atoms with Crippen LogP contribution < -0.4 is 15.5 Å². The smallest absolute Gasteiger partial charge is 0.258 e. The van der Waals surface area contributed by atoms with Crippen LogP contribution in [0.25, 0.3) is 0 Å². The monoisotopic (exact) mass is 337 g/mol. The maximum Gasteiger partial charge on any atom is 0.258 e. The molecule has 6 nitrogen and oxygen atoms in total. The highest BCUT2D eigenvalue weighted by molar-refractivity contribution is 6.12. The van der Waals surface area contributed by atoms with Crippen molar-refractivity contribution in [3.63, 3.8) is 0 Å². The summed E-state index contributed by atoms with van der Waals surface area (Å²) in [6, 6.07) is 13.4. The van der Waals surface area contributed by atoms with Gasteiger partial charge in [-0.3, -0.25) is 14.4 Å². The van der Waals surface area contributed by atoms with Crippen LogP contribution >= 0.6 is 0 Å². The molecule has 1 aliphatic rings. The van der Waals surface area contributed by atoms with E-state index in [1.54, 1.807) is 60.5 Å². The van der Waals surface area contributed by atoms with Crippen LogP contribution in [-0.2, 0) is 0 Å². The van der Waals surface area contributed by atoms with Crippen LogP contribution in [0.2, 0.25) is 0 Å². The van der Waals surface area contributed by atoms with E-state index in [4.69, 9.17) is 0 Å². The molecular weight excluding hydrogens is 318 g/mol. The lowest BCUT2D eigenvalue weighted by Gasteiger charge is -2.24. The largest absolute Gasteiger partial charge is 0.355 e. The topological polar surface area (TPSA) is 78.5 Å². The molecule has 1 atom stereocenters. The molecule has 0 aliphatic carbocycles. The van der Waals surface area contributed by atoms with Crippen LogP contribution in [0.4, 0.5) is 5.69 Å². The first-order valence-corrected chi connectivity index (χ1v) is 8.05. The molecule has 6 heteroatoms. The number of carbonyl (C=O) groups is 3. The number of hydrogen-bond acceptors (Lipinski definition) is 3. The number of amides is 3. The second-order valence-electron chi connectivity index (χ2n) is 5.97. The van der Waals surface area contributed by atoms with Gasteiger partial charge < -0.3 is 15.5 Å². The first-order valence-electron chi connectivity index (χ1n) is 8.05. The molecule has 128 valence electrons. The fourth-order valence-corrected chi connectivity index (χ4v) is 2.91. The summed E-state index contributed by atoms with van der Waals surface area (Å²) in [5.74, 6) is -0.699. The summed E-state index contributed by atoms with van der Waals surface area (Å²) in [4.78, 5) is 38.8. The van der Waals surface area contributed by atoms with Gasteiger partial charge in [0, 0.05) is 30.8 Å². The normalized spacial score (nSPS) is 16.5. The highest BCUT2D eigenvalue weighted by Gasteiger charge is 2.28. The average Bonchev–Trinajstić information content (AvgIpc) is 2.77. The lowest BCUT2D eigenvalue weighted by Crippen LogP contribution is -2.41. The summed E-state index contributed by atoms with van der Waals surface area (Å²) in [5, 5.41) is 5.42. The van der Waals surface area contributed by atoms with Crippen LogP contribution in [0.3, 0.4) is 0 Å². The number of carbonyl (C=O) groups excluding carboxylic acids is 3. The molecular formula is C19H19N3O3. The minimum atomic E-state index is -0.254. The molecule has 0 bridgehead atoms. The van der Waals surface area contributed by atoms with E-state index in [-0.39, 0.29) is 23.8 Å². The highest BCUT2D eigenvalue weighted by atomic mass is 16.2. The van der Waals surface area contributed by atoms with Crippen LogP contribution in [-0.4, -0.2) is 37.4 Å². The van der Waals surface area contributed by atoms with Crippen molar-refractivity contribution in [1.29, 1.82) is 0 Å². The summed E-state index contributed by atoms with van der Waals surface area (Å²) in [5.41, 5.74) is 1.85. The van der Waals surface area contributed by atoms with Crippen LogP contribution in [0.1, 0.15) is 38.0 Å². The second-order valence-corrected chi connectivity index (χ2v) is 5.97. The van der Waals surface area contributed by atoms with Gasteiger partial charge in [0.05, 0.1) is 11.3 Å². The third kappa shape index (κ3) is 3.24. The van der Waals surface area contributed by atoms with Crippen molar-refractivity contribution in [1.82, 2.24) is 10.6 Å². The molecule has 0 aromatic heterocycles. The number of anilines is 1. The van der Waals surface area contributed by atoms with Crippen molar-refractivity contribution in [2.24, 2.45) is 0 Å². The van der Waals surface area contributed by atoms with E-state index in [9.17, 15) is 14.4 Å². The van der Waals surface area contributed by atoms with E-state index in [0.717, 1.165) is 0 Å². The van der Waals surface area contributed by atoms with E-state index in [2.05, 4.69) is 10.6 Å². The Bertz CT molecular complexity index is 847. The number of rotatable bonds is 2. The molecule has 0 saturated carbocycles. The van der Waals surface area contributed by atoms with Crippen LogP contribution in [0, 0.1) is 0 Å². The summed E-state index contributed by atoms with van der Waals surface area (Å²) in [7, 11) is 1.54. The molecule has 2 aromatic rings. The average molecular weight is 337 g/mol. The summed E-state index contributed by atoms with van der Waals surface area (Å²) in [6.45, 7) is 2.21. The number of nitrogens with zero attached hydrogens (tertiary/aromatic N) is 1. The van der Waals surface area contributed by atoms with Crippen molar-refractivity contribution in [2.45, 2.75) is 13.0 Å². The Hall–Kier alpha value is -3.15. The molecule has 0 spiro atoms. The van der Waals surface area contributed by atoms with Crippen LogP contribution in [0.5, 0.6) is 0 Å². The van der Waals surface area contributed by atoms with Crippen molar-refractivity contribution in [3.8, 4) is 0 Å². The van der Waals surface area contributed by atoms with Gasteiger partial charge in [0.2, 0.25) is 0 Å². The Labute approximate surface area is 145 Å². The molecule has 25 heavy (non-hydrogen) atoms. The van der Waals surface area contributed by atoms with Crippen molar-refractivity contribution < 1.29 is 14.4 Å². The van der Waals surface area contributed by atoms with Gasteiger partial charge in [-0.2, -0.15) is 0 Å². The molecule has 0 saturated heterocycles. The zero-order chi connectivity index (χ0) is 18.0. The van der Waals surface area contributed by atoms with Crippen molar-refractivity contribution in [3.05, 3.63) is 65.2 Å². The molecule has 2 aromatic carbocycles. The van der Waals surface area contributed by atoms with Gasteiger partial charge >= 0.3 is 0 Å². The number of nitrogens with one attached hydrogen (secondary N) is 2. The fourth-order valence-electron chi connectivity index (χ4n) is 2.91. The summed E-state index contributed by atoms with van der Waals surface area (Å²) < 4.78 is 0. The quantitative estimate of drug-likeness (QED) is 0.877. The molecule has 0 radical (unpaired) electrons. The third-order valence-corrected chi connectivity index (χ3v) is 4.12.